The van der Waals surface area contributed by atoms with Crippen LogP contribution in [-0.2, 0) is 12.8 Å². The highest BCUT2D eigenvalue weighted by Crippen LogP contribution is 2.11. The highest BCUT2D eigenvalue weighted by Gasteiger charge is 2.07. The van der Waals surface area contributed by atoms with Gasteiger partial charge in [-0.05, 0) is 38.8 Å². The quantitative estimate of drug-likeness (QED) is 0.802. The van der Waals surface area contributed by atoms with Crippen LogP contribution in [0.3, 0.4) is 0 Å². The molecular weight excluding hydrogens is 186 g/mol. The van der Waals surface area contributed by atoms with Crippen LogP contribution in [-0.4, -0.2) is 16.5 Å². The minimum absolute atomic E-state index is 0.666. The van der Waals surface area contributed by atoms with Gasteiger partial charge >= 0.3 is 0 Å². The summed E-state index contributed by atoms with van der Waals surface area (Å²) in [5.74, 6) is 0.979. The van der Waals surface area contributed by atoms with E-state index in [0.29, 0.717) is 6.54 Å². The standard InChI is InChI=1S/C12H21N3/c1-4-5-6-12-14-9(2)11(7-8-13)10(3)15-12/h4-8,13H2,1-3H3. The molecule has 0 atom stereocenters. The van der Waals surface area contributed by atoms with E-state index >= 15 is 0 Å². The molecule has 0 saturated carbocycles. The van der Waals surface area contributed by atoms with E-state index in [0.717, 1.165) is 36.5 Å². The van der Waals surface area contributed by atoms with Crippen LogP contribution in [0.25, 0.3) is 0 Å². The molecule has 0 amide bonds. The fraction of sp³-hybridized carbons (Fsp3) is 0.667. The summed E-state index contributed by atoms with van der Waals surface area (Å²) in [5.41, 5.74) is 8.97. The second-order valence-corrected chi connectivity index (χ2v) is 3.93. The topological polar surface area (TPSA) is 51.8 Å². The zero-order chi connectivity index (χ0) is 11.3. The number of aryl methyl sites for hydroxylation is 3. The van der Waals surface area contributed by atoms with Crippen molar-refractivity contribution in [2.75, 3.05) is 6.54 Å². The van der Waals surface area contributed by atoms with Crippen molar-refractivity contribution in [2.45, 2.75) is 46.5 Å². The molecule has 0 aliphatic heterocycles. The van der Waals surface area contributed by atoms with Gasteiger partial charge in [-0.25, -0.2) is 9.97 Å². The van der Waals surface area contributed by atoms with Gasteiger partial charge in [0.05, 0.1) is 0 Å². The molecule has 2 N–H and O–H groups in total. The Labute approximate surface area is 92.1 Å². The van der Waals surface area contributed by atoms with E-state index in [-0.39, 0.29) is 0 Å². The van der Waals surface area contributed by atoms with E-state index in [1.807, 2.05) is 0 Å². The number of rotatable bonds is 5. The molecule has 0 radical (unpaired) electrons. The van der Waals surface area contributed by atoms with Crippen molar-refractivity contribution in [1.29, 1.82) is 0 Å². The Kier molecular flexibility index (Phi) is 4.69. The van der Waals surface area contributed by atoms with Gasteiger partial charge in [0.2, 0.25) is 0 Å². The van der Waals surface area contributed by atoms with Gasteiger partial charge in [-0.15, -0.1) is 0 Å². The summed E-state index contributed by atoms with van der Waals surface area (Å²) in [6.45, 7) is 6.95. The van der Waals surface area contributed by atoms with E-state index in [1.54, 1.807) is 0 Å². The van der Waals surface area contributed by atoms with Crippen molar-refractivity contribution in [3.63, 3.8) is 0 Å². The third-order valence-corrected chi connectivity index (χ3v) is 2.62. The molecule has 1 heterocycles. The van der Waals surface area contributed by atoms with E-state index in [4.69, 9.17) is 5.73 Å². The molecule has 0 aromatic carbocycles. The average molecular weight is 207 g/mol. The number of hydrogen-bond acceptors (Lipinski definition) is 3. The molecule has 0 saturated heterocycles. The minimum atomic E-state index is 0.666. The van der Waals surface area contributed by atoms with Crippen LogP contribution in [0.2, 0.25) is 0 Å². The van der Waals surface area contributed by atoms with Gasteiger partial charge in [0, 0.05) is 17.8 Å². The minimum Gasteiger partial charge on any atom is -0.330 e. The maximum absolute atomic E-state index is 5.56. The van der Waals surface area contributed by atoms with Crippen LogP contribution < -0.4 is 5.73 Å². The van der Waals surface area contributed by atoms with E-state index in [2.05, 4.69) is 30.7 Å². The molecule has 1 aromatic rings. The summed E-state index contributed by atoms with van der Waals surface area (Å²) < 4.78 is 0. The van der Waals surface area contributed by atoms with Crippen molar-refractivity contribution >= 4 is 0 Å². The summed E-state index contributed by atoms with van der Waals surface area (Å²) in [5, 5.41) is 0. The second kappa shape index (κ2) is 5.81. The molecule has 0 aliphatic carbocycles. The number of unbranched alkanes of at least 4 members (excludes halogenated alkanes) is 1. The monoisotopic (exact) mass is 207 g/mol. The lowest BCUT2D eigenvalue weighted by molar-refractivity contribution is 0.735. The van der Waals surface area contributed by atoms with Gasteiger partial charge in [-0.1, -0.05) is 13.3 Å². The Balaban J connectivity index is 2.87. The molecule has 15 heavy (non-hydrogen) atoms. The van der Waals surface area contributed by atoms with Crippen LogP contribution in [0.4, 0.5) is 0 Å². The van der Waals surface area contributed by atoms with Gasteiger partial charge in [-0.3, -0.25) is 0 Å². The fourth-order valence-electron chi connectivity index (χ4n) is 1.76. The lowest BCUT2D eigenvalue weighted by atomic mass is 10.1. The van der Waals surface area contributed by atoms with Crippen molar-refractivity contribution in [3.8, 4) is 0 Å². The third kappa shape index (κ3) is 3.27. The van der Waals surface area contributed by atoms with E-state index in [1.165, 1.54) is 12.0 Å². The first-order valence-corrected chi connectivity index (χ1v) is 5.72. The van der Waals surface area contributed by atoms with Crippen LogP contribution in [0.1, 0.15) is 42.5 Å². The molecule has 0 fully saturated rings. The SMILES string of the molecule is CCCCc1nc(C)c(CCN)c(C)n1. The summed E-state index contributed by atoms with van der Waals surface area (Å²) >= 11 is 0. The van der Waals surface area contributed by atoms with E-state index < -0.39 is 0 Å². The molecule has 0 bridgehead atoms. The normalized spacial score (nSPS) is 10.7. The molecule has 3 heteroatoms. The Morgan fingerprint density at radius 2 is 1.67 bits per heavy atom. The number of hydrogen-bond donors (Lipinski definition) is 1. The average Bonchev–Trinajstić information content (AvgIpc) is 2.20. The van der Waals surface area contributed by atoms with Crippen LogP contribution in [0.15, 0.2) is 0 Å². The number of aromatic nitrogens is 2. The third-order valence-electron chi connectivity index (χ3n) is 2.62. The van der Waals surface area contributed by atoms with E-state index in [9.17, 15) is 0 Å². The Morgan fingerprint density at radius 3 is 2.13 bits per heavy atom. The van der Waals surface area contributed by atoms with Gasteiger partial charge in [0.25, 0.3) is 0 Å². The maximum atomic E-state index is 5.56. The van der Waals surface area contributed by atoms with Crippen molar-refractivity contribution < 1.29 is 0 Å². The summed E-state index contributed by atoms with van der Waals surface area (Å²) in [6.07, 6.45) is 4.22. The second-order valence-electron chi connectivity index (χ2n) is 3.93. The van der Waals surface area contributed by atoms with Crippen LogP contribution in [0, 0.1) is 13.8 Å². The zero-order valence-corrected chi connectivity index (χ0v) is 10.0. The fourth-order valence-corrected chi connectivity index (χ4v) is 1.76. The first-order chi connectivity index (χ1) is 7.19. The highest BCUT2D eigenvalue weighted by molar-refractivity contribution is 5.24. The lowest BCUT2D eigenvalue weighted by Crippen LogP contribution is -2.10. The zero-order valence-electron chi connectivity index (χ0n) is 10.0. The molecular formula is C12H21N3. The molecule has 0 aliphatic rings. The Hall–Kier alpha value is -0.960. The van der Waals surface area contributed by atoms with Gasteiger partial charge in [0.1, 0.15) is 5.82 Å². The first-order valence-electron chi connectivity index (χ1n) is 5.72. The van der Waals surface area contributed by atoms with Gasteiger partial charge in [0.15, 0.2) is 0 Å². The van der Waals surface area contributed by atoms with Crippen molar-refractivity contribution in [3.05, 3.63) is 22.8 Å². The molecule has 3 nitrogen and oxygen atoms in total. The predicted octanol–water partition coefficient (Wildman–Crippen LogP) is 1.94. The first kappa shape index (κ1) is 12.1. The van der Waals surface area contributed by atoms with Crippen LogP contribution in [0.5, 0.6) is 0 Å². The Bertz CT molecular complexity index is 298. The summed E-state index contributed by atoms with van der Waals surface area (Å²) in [6, 6.07) is 0. The van der Waals surface area contributed by atoms with Crippen molar-refractivity contribution in [2.24, 2.45) is 5.73 Å². The van der Waals surface area contributed by atoms with Gasteiger partial charge < -0.3 is 5.73 Å². The molecule has 0 spiro atoms. The molecule has 1 rings (SSSR count). The van der Waals surface area contributed by atoms with Gasteiger partial charge in [-0.2, -0.15) is 0 Å². The molecule has 84 valence electrons. The number of nitrogens with two attached hydrogens (primary N) is 1. The predicted molar refractivity (Wildman–Crippen MR) is 62.9 cm³/mol. The highest BCUT2D eigenvalue weighted by atomic mass is 14.9. The smallest absolute Gasteiger partial charge is 0.128 e. The Morgan fingerprint density at radius 1 is 1.07 bits per heavy atom. The molecule has 0 unspecified atom stereocenters. The van der Waals surface area contributed by atoms with Crippen LogP contribution >= 0.6 is 0 Å². The van der Waals surface area contributed by atoms with Crippen molar-refractivity contribution in [1.82, 2.24) is 9.97 Å². The molecule has 1 aromatic heterocycles. The summed E-state index contributed by atoms with van der Waals surface area (Å²) in [4.78, 5) is 9.05. The largest absolute Gasteiger partial charge is 0.330 e. The number of nitrogens with zero attached hydrogens (tertiary/aromatic N) is 2. The lowest BCUT2D eigenvalue weighted by Gasteiger charge is -2.09. The summed E-state index contributed by atoms with van der Waals surface area (Å²) in [7, 11) is 0. The maximum Gasteiger partial charge on any atom is 0.128 e.